The minimum Gasteiger partial charge on any atom is -0.491 e. The normalized spacial score (nSPS) is 14.9. The molecule has 1 saturated heterocycles. The first kappa shape index (κ1) is 24.3. The van der Waals surface area contributed by atoms with Gasteiger partial charge in [0.25, 0.3) is 0 Å². The molecule has 0 saturated carbocycles. The summed E-state index contributed by atoms with van der Waals surface area (Å²) in [6.07, 6.45) is 3.46. The summed E-state index contributed by atoms with van der Waals surface area (Å²) < 4.78 is 8.42. The van der Waals surface area contributed by atoms with E-state index in [4.69, 9.17) is 9.84 Å². The molecule has 1 aliphatic heterocycles. The van der Waals surface area contributed by atoms with Gasteiger partial charge in [-0.25, -0.2) is 4.68 Å². The predicted molar refractivity (Wildman–Crippen MR) is 145 cm³/mol. The van der Waals surface area contributed by atoms with E-state index in [2.05, 4.69) is 58.4 Å². The Morgan fingerprint density at radius 3 is 2.42 bits per heavy atom. The van der Waals surface area contributed by atoms with Gasteiger partial charge in [0.2, 0.25) is 0 Å². The molecule has 7 heteroatoms. The third-order valence-corrected chi connectivity index (χ3v) is 7.24. The summed E-state index contributed by atoms with van der Waals surface area (Å²) in [6, 6.07) is 19.0. The predicted octanol–water partition coefficient (Wildman–Crippen LogP) is 4.83. The van der Waals surface area contributed by atoms with Crippen molar-refractivity contribution in [1.82, 2.24) is 24.9 Å². The number of ether oxygens (including phenoxy) is 1. The first-order valence-corrected chi connectivity index (χ1v) is 12.9. The monoisotopic (exact) mass is 484 g/mol. The molecular weight excluding hydrogens is 448 g/mol. The fourth-order valence-corrected chi connectivity index (χ4v) is 5.12. The molecule has 0 amide bonds. The van der Waals surface area contributed by atoms with Crippen LogP contribution in [-0.2, 0) is 6.42 Å². The third kappa shape index (κ3) is 5.07. The highest BCUT2D eigenvalue weighted by atomic mass is 16.5. The molecule has 1 fully saturated rings. The molecule has 0 spiro atoms. The number of para-hydroxylation sites is 2. The van der Waals surface area contributed by atoms with Gasteiger partial charge in [0.05, 0.1) is 23.4 Å². The Bertz CT molecular complexity index is 1310. The summed E-state index contributed by atoms with van der Waals surface area (Å²) >= 11 is 0. The highest BCUT2D eigenvalue weighted by Gasteiger charge is 2.22. The molecule has 5 rings (SSSR count). The Morgan fingerprint density at radius 1 is 0.944 bits per heavy atom. The van der Waals surface area contributed by atoms with E-state index in [1.54, 1.807) is 0 Å². The third-order valence-electron chi connectivity index (χ3n) is 7.24. The van der Waals surface area contributed by atoms with Crippen LogP contribution in [0, 0.1) is 19.8 Å². The fraction of sp³-hybridized carbons (Fsp3) is 0.414. The number of likely N-dealkylation sites (tertiary alicyclic amines) is 1. The van der Waals surface area contributed by atoms with Crippen molar-refractivity contribution in [3.63, 3.8) is 0 Å². The Kier molecular flexibility index (Phi) is 7.18. The molecule has 3 heterocycles. The number of hydrogen-bond acceptors (Lipinski definition) is 6. The average Bonchev–Trinajstić information content (AvgIpc) is 3.25. The molecule has 1 aliphatic rings. The lowest BCUT2D eigenvalue weighted by molar-refractivity contribution is 0.142. The van der Waals surface area contributed by atoms with Crippen LogP contribution < -0.4 is 9.64 Å². The van der Waals surface area contributed by atoms with Crippen molar-refractivity contribution < 1.29 is 4.74 Å². The smallest absolute Gasteiger partial charge is 0.179 e. The quantitative estimate of drug-likeness (QED) is 0.357. The highest BCUT2D eigenvalue weighted by molar-refractivity contribution is 5.92. The second-order valence-electron chi connectivity index (χ2n) is 10.0. The number of hydrogen-bond donors (Lipinski definition) is 0. The molecule has 36 heavy (non-hydrogen) atoms. The first-order chi connectivity index (χ1) is 17.5. The van der Waals surface area contributed by atoms with Crippen LogP contribution in [0.3, 0.4) is 0 Å². The summed E-state index contributed by atoms with van der Waals surface area (Å²) in [5.74, 6) is 2.21. The molecule has 2 aromatic heterocycles. The number of aromatic nitrogens is 4. The van der Waals surface area contributed by atoms with Crippen LogP contribution in [0.2, 0.25) is 0 Å². The van der Waals surface area contributed by atoms with Gasteiger partial charge in [-0.3, -0.25) is 0 Å². The van der Waals surface area contributed by atoms with Gasteiger partial charge >= 0.3 is 0 Å². The molecule has 4 aromatic rings. The Balaban J connectivity index is 1.26. The average molecular weight is 485 g/mol. The Labute approximate surface area is 213 Å². The number of fused-ring (bicyclic) bond motifs is 1. The van der Waals surface area contributed by atoms with E-state index < -0.39 is 0 Å². The lowest BCUT2D eigenvalue weighted by Crippen LogP contribution is -2.36. The zero-order valence-corrected chi connectivity index (χ0v) is 21.8. The highest BCUT2D eigenvalue weighted by Crippen LogP contribution is 2.32. The van der Waals surface area contributed by atoms with Crippen molar-refractivity contribution in [2.45, 2.75) is 33.1 Å². The van der Waals surface area contributed by atoms with E-state index in [-0.39, 0.29) is 0 Å². The van der Waals surface area contributed by atoms with E-state index in [9.17, 15) is 0 Å². The maximum atomic E-state index is 6.43. The van der Waals surface area contributed by atoms with Crippen LogP contribution in [0.15, 0.2) is 54.6 Å². The molecule has 188 valence electrons. The van der Waals surface area contributed by atoms with Crippen LogP contribution in [0.1, 0.15) is 29.8 Å². The van der Waals surface area contributed by atoms with Gasteiger partial charge in [-0.2, -0.15) is 10.2 Å². The van der Waals surface area contributed by atoms with Crippen LogP contribution >= 0.6 is 0 Å². The second kappa shape index (κ2) is 10.7. The van der Waals surface area contributed by atoms with E-state index in [1.165, 1.54) is 18.4 Å². The van der Waals surface area contributed by atoms with Gasteiger partial charge in [0, 0.05) is 20.6 Å². The summed E-state index contributed by atoms with van der Waals surface area (Å²) in [4.78, 5) is 4.54. The molecule has 0 bridgehead atoms. The summed E-state index contributed by atoms with van der Waals surface area (Å²) in [5.41, 5.74) is 5.17. The van der Waals surface area contributed by atoms with E-state index >= 15 is 0 Å². The summed E-state index contributed by atoms with van der Waals surface area (Å²) in [7, 11) is 3.94. The number of aryl methyl sites for hydroxylation is 2. The second-order valence-corrected chi connectivity index (χ2v) is 10.0. The van der Waals surface area contributed by atoms with E-state index in [1.807, 2.05) is 48.8 Å². The zero-order chi connectivity index (χ0) is 25.1. The van der Waals surface area contributed by atoms with Gasteiger partial charge in [-0.15, -0.1) is 5.10 Å². The SMILES string of the molecule is Cc1nnc(N(C)C)c2nn(-c3ccccc3OCC3CCN(CCc4ccccc4)CC3)c(C)c12. The van der Waals surface area contributed by atoms with Gasteiger partial charge in [0.1, 0.15) is 17.0 Å². The number of piperidine rings is 1. The van der Waals surface area contributed by atoms with Crippen molar-refractivity contribution in [2.24, 2.45) is 5.92 Å². The van der Waals surface area contributed by atoms with Crippen molar-refractivity contribution >= 4 is 16.7 Å². The van der Waals surface area contributed by atoms with Gasteiger partial charge in [-0.05, 0) is 69.8 Å². The first-order valence-electron chi connectivity index (χ1n) is 12.9. The Hall–Kier alpha value is -3.45. The minimum absolute atomic E-state index is 0.569. The molecule has 0 unspecified atom stereocenters. The van der Waals surface area contributed by atoms with Crippen molar-refractivity contribution in [3.8, 4) is 11.4 Å². The lowest BCUT2D eigenvalue weighted by Gasteiger charge is -2.32. The number of benzene rings is 2. The molecular formula is C29H36N6O. The molecule has 0 aliphatic carbocycles. The molecule has 0 atom stereocenters. The molecule has 2 aromatic carbocycles. The summed E-state index contributed by atoms with van der Waals surface area (Å²) in [5, 5.41) is 14.8. The Morgan fingerprint density at radius 2 is 1.67 bits per heavy atom. The van der Waals surface area contributed by atoms with Gasteiger partial charge < -0.3 is 14.5 Å². The number of nitrogens with zero attached hydrogens (tertiary/aromatic N) is 6. The van der Waals surface area contributed by atoms with Gasteiger partial charge in [0.15, 0.2) is 5.82 Å². The van der Waals surface area contributed by atoms with Gasteiger partial charge in [-0.1, -0.05) is 42.5 Å². The zero-order valence-electron chi connectivity index (χ0n) is 21.8. The van der Waals surface area contributed by atoms with E-state index in [0.29, 0.717) is 5.92 Å². The number of anilines is 1. The largest absolute Gasteiger partial charge is 0.491 e. The van der Waals surface area contributed by atoms with Crippen LogP contribution in [0.4, 0.5) is 5.82 Å². The van der Waals surface area contributed by atoms with Crippen LogP contribution in [0.25, 0.3) is 16.6 Å². The van der Waals surface area contributed by atoms with Crippen molar-refractivity contribution in [1.29, 1.82) is 0 Å². The topological polar surface area (TPSA) is 59.3 Å². The standard InChI is InChI=1S/C29H36N6O/c1-21-27-22(2)35(32-28(27)29(31-30-21)33(3)4)25-12-8-9-13-26(25)36-20-24-15-18-34(19-16-24)17-14-23-10-6-5-7-11-23/h5-13,24H,14-20H2,1-4H3. The van der Waals surface area contributed by atoms with Crippen molar-refractivity contribution in [2.75, 3.05) is 45.2 Å². The minimum atomic E-state index is 0.569. The molecule has 0 N–H and O–H groups in total. The maximum absolute atomic E-state index is 6.43. The maximum Gasteiger partial charge on any atom is 0.179 e. The lowest BCUT2D eigenvalue weighted by atomic mass is 9.97. The van der Waals surface area contributed by atoms with E-state index in [0.717, 1.165) is 72.2 Å². The molecule has 7 nitrogen and oxygen atoms in total. The van der Waals surface area contributed by atoms with Crippen LogP contribution in [-0.4, -0.2) is 65.2 Å². The number of rotatable bonds is 8. The van der Waals surface area contributed by atoms with Crippen molar-refractivity contribution in [3.05, 3.63) is 71.5 Å². The molecule has 0 radical (unpaired) electrons. The fourth-order valence-electron chi connectivity index (χ4n) is 5.12. The summed E-state index contributed by atoms with van der Waals surface area (Å²) in [6.45, 7) is 8.21. The van der Waals surface area contributed by atoms with Crippen LogP contribution in [0.5, 0.6) is 5.75 Å².